The summed E-state index contributed by atoms with van der Waals surface area (Å²) in [7, 11) is -3.63. The summed E-state index contributed by atoms with van der Waals surface area (Å²) in [5.74, 6) is 0.258. The molecule has 1 atom stereocenters. The number of aliphatic hydroxyl groups is 1. The van der Waals surface area contributed by atoms with E-state index in [9.17, 15) is 8.42 Å². The predicted molar refractivity (Wildman–Crippen MR) is 60.1 cm³/mol. The van der Waals surface area contributed by atoms with E-state index in [0.29, 0.717) is 6.42 Å². The molecule has 0 fully saturated rings. The van der Waals surface area contributed by atoms with Gasteiger partial charge in [-0.1, -0.05) is 6.92 Å². The van der Waals surface area contributed by atoms with Crippen molar-refractivity contribution in [2.75, 3.05) is 12.3 Å². The molecular formula is C9H15N3O3S. The molecule has 1 rings (SSSR count). The summed E-state index contributed by atoms with van der Waals surface area (Å²) < 4.78 is 25.9. The molecule has 0 aromatic carbocycles. The van der Waals surface area contributed by atoms with E-state index in [-0.39, 0.29) is 17.3 Å². The summed E-state index contributed by atoms with van der Waals surface area (Å²) in [4.78, 5) is 3.74. The van der Waals surface area contributed by atoms with Crippen LogP contribution in [0.25, 0.3) is 0 Å². The Balaban J connectivity index is 2.89. The Hall–Kier alpha value is -1.18. The second-order valence-corrected chi connectivity index (χ2v) is 5.04. The van der Waals surface area contributed by atoms with Gasteiger partial charge in [-0.25, -0.2) is 18.1 Å². The lowest BCUT2D eigenvalue weighted by molar-refractivity contribution is 0.254. The minimum atomic E-state index is -3.63. The zero-order valence-corrected chi connectivity index (χ0v) is 9.74. The fourth-order valence-corrected chi connectivity index (χ4v) is 2.34. The van der Waals surface area contributed by atoms with Crippen LogP contribution in [0.5, 0.6) is 0 Å². The molecule has 7 heteroatoms. The van der Waals surface area contributed by atoms with Crippen molar-refractivity contribution in [3.05, 3.63) is 18.3 Å². The van der Waals surface area contributed by atoms with Gasteiger partial charge in [0, 0.05) is 12.2 Å². The first-order valence-electron chi connectivity index (χ1n) is 4.84. The summed E-state index contributed by atoms with van der Waals surface area (Å²) >= 11 is 0. The Morgan fingerprint density at radius 3 is 2.69 bits per heavy atom. The van der Waals surface area contributed by atoms with Crippen LogP contribution in [0.2, 0.25) is 0 Å². The summed E-state index contributed by atoms with van der Waals surface area (Å²) in [5.41, 5.74) is 5.36. The third-order valence-electron chi connectivity index (χ3n) is 2.10. The topological polar surface area (TPSA) is 105 Å². The van der Waals surface area contributed by atoms with Gasteiger partial charge in [-0.2, -0.15) is 0 Å². The van der Waals surface area contributed by atoms with Gasteiger partial charge in [0.15, 0.2) is 0 Å². The highest BCUT2D eigenvalue weighted by molar-refractivity contribution is 7.89. The molecule has 90 valence electrons. The summed E-state index contributed by atoms with van der Waals surface area (Å²) in [6, 6.07) is 2.30. The molecule has 6 nitrogen and oxygen atoms in total. The van der Waals surface area contributed by atoms with E-state index < -0.39 is 16.1 Å². The van der Waals surface area contributed by atoms with Crippen LogP contribution < -0.4 is 10.5 Å². The molecule has 0 amide bonds. The first-order chi connectivity index (χ1) is 7.49. The number of aromatic nitrogens is 1. The van der Waals surface area contributed by atoms with Crippen LogP contribution in [0.1, 0.15) is 13.3 Å². The molecular weight excluding hydrogens is 230 g/mol. The monoisotopic (exact) mass is 245 g/mol. The maximum atomic E-state index is 11.8. The third kappa shape index (κ3) is 3.16. The van der Waals surface area contributed by atoms with Gasteiger partial charge >= 0.3 is 0 Å². The fraction of sp³-hybridized carbons (Fsp3) is 0.444. The molecule has 0 aliphatic carbocycles. The van der Waals surface area contributed by atoms with Crippen molar-refractivity contribution in [3.63, 3.8) is 0 Å². The first-order valence-corrected chi connectivity index (χ1v) is 6.32. The standard InChI is InChI=1S/C9H15N3O3S/c1-2-7(6-13)12-16(14,15)8-3-4-9(10)11-5-8/h3-5,7,12-13H,2,6H2,1H3,(H2,10,11)/t7-/m1/s1. The summed E-state index contributed by atoms with van der Waals surface area (Å²) in [6.45, 7) is 1.54. The van der Waals surface area contributed by atoms with Gasteiger partial charge < -0.3 is 10.8 Å². The molecule has 0 aliphatic heterocycles. The molecule has 0 saturated heterocycles. The van der Waals surface area contributed by atoms with Crippen molar-refractivity contribution in [3.8, 4) is 0 Å². The minimum Gasteiger partial charge on any atom is -0.395 e. The van der Waals surface area contributed by atoms with E-state index in [1.54, 1.807) is 6.92 Å². The van der Waals surface area contributed by atoms with E-state index in [4.69, 9.17) is 10.8 Å². The Labute approximate surface area is 94.6 Å². The number of nitrogens with two attached hydrogens (primary N) is 1. The van der Waals surface area contributed by atoms with Crippen molar-refractivity contribution in [1.29, 1.82) is 0 Å². The van der Waals surface area contributed by atoms with Gasteiger partial charge in [0.25, 0.3) is 0 Å². The van der Waals surface area contributed by atoms with Crippen LogP contribution in [0.3, 0.4) is 0 Å². The number of aliphatic hydroxyl groups excluding tert-OH is 1. The molecule has 0 aliphatic rings. The van der Waals surface area contributed by atoms with Gasteiger partial charge in [0.05, 0.1) is 6.61 Å². The van der Waals surface area contributed by atoms with E-state index in [0.717, 1.165) is 0 Å². The number of pyridine rings is 1. The molecule has 0 radical (unpaired) electrons. The van der Waals surface area contributed by atoms with Gasteiger partial charge in [0.2, 0.25) is 10.0 Å². The fourth-order valence-electron chi connectivity index (χ4n) is 1.09. The lowest BCUT2D eigenvalue weighted by Crippen LogP contribution is -2.36. The van der Waals surface area contributed by atoms with Crippen LogP contribution >= 0.6 is 0 Å². The van der Waals surface area contributed by atoms with Gasteiger partial charge in [0.1, 0.15) is 10.7 Å². The summed E-state index contributed by atoms with van der Waals surface area (Å²) in [6.07, 6.45) is 1.69. The van der Waals surface area contributed by atoms with Gasteiger partial charge in [-0.15, -0.1) is 0 Å². The first kappa shape index (κ1) is 12.9. The van der Waals surface area contributed by atoms with Crippen LogP contribution in [0.15, 0.2) is 23.2 Å². The highest BCUT2D eigenvalue weighted by Gasteiger charge is 2.18. The Morgan fingerprint density at radius 2 is 2.25 bits per heavy atom. The Kier molecular flexibility index (Phi) is 4.22. The number of hydrogen-bond donors (Lipinski definition) is 3. The smallest absolute Gasteiger partial charge is 0.242 e. The average molecular weight is 245 g/mol. The molecule has 1 heterocycles. The quantitative estimate of drug-likeness (QED) is 0.661. The maximum absolute atomic E-state index is 11.8. The van der Waals surface area contributed by atoms with E-state index in [1.165, 1.54) is 18.3 Å². The normalized spacial score (nSPS) is 13.6. The van der Waals surface area contributed by atoms with Crippen LogP contribution in [0.4, 0.5) is 5.82 Å². The number of rotatable bonds is 5. The largest absolute Gasteiger partial charge is 0.395 e. The second kappa shape index (κ2) is 5.24. The van der Waals surface area contributed by atoms with Gasteiger partial charge in [-0.05, 0) is 18.6 Å². The number of nitrogen functional groups attached to an aromatic ring is 1. The van der Waals surface area contributed by atoms with Crippen molar-refractivity contribution in [2.24, 2.45) is 0 Å². The minimum absolute atomic E-state index is 0.0357. The molecule has 1 aromatic heterocycles. The van der Waals surface area contributed by atoms with E-state index >= 15 is 0 Å². The van der Waals surface area contributed by atoms with Crippen molar-refractivity contribution in [2.45, 2.75) is 24.3 Å². The molecule has 0 saturated carbocycles. The molecule has 0 spiro atoms. The maximum Gasteiger partial charge on any atom is 0.242 e. The predicted octanol–water partition coefficient (Wildman–Crippen LogP) is -0.287. The SMILES string of the molecule is CC[C@H](CO)NS(=O)(=O)c1ccc(N)nc1. The highest BCUT2D eigenvalue weighted by atomic mass is 32.2. The lowest BCUT2D eigenvalue weighted by Gasteiger charge is -2.13. The van der Waals surface area contributed by atoms with E-state index in [2.05, 4.69) is 9.71 Å². The second-order valence-electron chi connectivity index (χ2n) is 3.33. The van der Waals surface area contributed by atoms with Crippen LogP contribution in [-0.4, -0.2) is 31.2 Å². The van der Waals surface area contributed by atoms with Crippen LogP contribution in [-0.2, 0) is 10.0 Å². The molecule has 0 unspecified atom stereocenters. The van der Waals surface area contributed by atoms with Crippen molar-refractivity contribution in [1.82, 2.24) is 9.71 Å². The number of sulfonamides is 1. The molecule has 16 heavy (non-hydrogen) atoms. The average Bonchev–Trinajstić information content (AvgIpc) is 2.26. The summed E-state index contributed by atoms with van der Waals surface area (Å²) in [5, 5.41) is 8.92. The molecule has 4 N–H and O–H groups in total. The zero-order valence-electron chi connectivity index (χ0n) is 8.92. The highest BCUT2D eigenvalue weighted by Crippen LogP contribution is 2.09. The molecule has 0 bridgehead atoms. The Bertz CT molecular complexity index is 426. The lowest BCUT2D eigenvalue weighted by atomic mass is 10.3. The number of nitrogens with zero attached hydrogens (tertiary/aromatic N) is 1. The van der Waals surface area contributed by atoms with Crippen molar-refractivity contribution < 1.29 is 13.5 Å². The van der Waals surface area contributed by atoms with Gasteiger partial charge in [-0.3, -0.25) is 0 Å². The number of anilines is 1. The van der Waals surface area contributed by atoms with E-state index in [1.807, 2.05) is 0 Å². The molecule has 1 aromatic rings. The van der Waals surface area contributed by atoms with Crippen molar-refractivity contribution >= 4 is 15.8 Å². The number of nitrogens with one attached hydrogen (secondary N) is 1. The van der Waals surface area contributed by atoms with Crippen LogP contribution in [0, 0.1) is 0 Å². The number of hydrogen-bond acceptors (Lipinski definition) is 5. The Morgan fingerprint density at radius 1 is 1.56 bits per heavy atom. The third-order valence-corrected chi connectivity index (χ3v) is 3.61. The zero-order chi connectivity index (χ0) is 12.2.